The summed E-state index contributed by atoms with van der Waals surface area (Å²) in [4.78, 5) is 21.5. The molecule has 1 heterocycles. The van der Waals surface area contributed by atoms with Crippen LogP contribution < -0.4 is 0 Å². The highest BCUT2D eigenvalue weighted by atomic mass is 127. The molecule has 0 aliphatic carbocycles. The lowest BCUT2D eigenvalue weighted by Gasteiger charge is -2.41. The van der Waals surface area contributed by atoms with Crippen LogP contribution in [0.25, 0.3) is 0 Å². The Morgan fingerprint density at radius 3 is 2.83 bits per heavy atom. The molecular formula is C18H25IO5. The molecule has 0 N–H and O–H groups in total. The molecule has 1 rings (SSSR count). The van der Waals surface area contributed by atoms with E-state index in [1.165, 1.54) is 13.2 Å². The standard InChI is InChI=1S/C18H25IO5/c1-18(2)23-14(9-8-12-20)13-16(24-18)15(19)10-6-4-5-7-11-17(21)22-3/h8-9,12,14-16H,5,7,10-11,13H2,1-3H3/b9-8+/t14-,15+,16-/m0/s1. The third kappa shape index (κ3) is 8.27. The second kappa shape index (κ2) is 10.9. The summed E-state index contributed by atoms with van der Waals surface area (Å²) >= 11 is 2.35. The minimum absolute atomic E-state index is 0.0139. The van der Waals surface area contributed by atoms with Gasteiger partial charge in [-0.1, -0.05) is 28.7 Å². The zero-order chi connectivity index (χ0) is 18.0. The van der Waals surface area contributed by atoms with Crippen LogP contribution in [0.2, 0.25) is 0 Å². The number of rotatable bonds is 7. The summed E-state index contributed by atoms with van der Waals surface area (Å²) in [5.74, 6) is 5.37. The molecule has 134 valence electrons. The van der Waals surface area contributed by atoms with Crippen molar-refractivity contribution in [3.63, 3.8) is 0 Å². The van der Waals surface area contributed by atoms with Crippen molar-refractivity contribution in [2.45, 2.75) is 67.9 Å². The molecule has 1 saturated heterocycles. The van der Waals surface area contributed by atoms with Crippen LogP contribution in [0.1, 0.15) is 46.0 Å². The fourth-order valence-electron chi connectivity index (χ4n) is 2.40. The van der Waals surface area contributed by atoms with Gasteiger partial charge in [0.15, 0.2) is 5.79 Å². The van der Waals surface area contributed by atoms with Crippen molar-refractivity contribution in [2.24, 2.45) is 0 Å². The molecule has 0 unspecified atom stereocenters. The van der Waals surface area contributed by atoms with Crippen LogP contribution in [0.4, 0.5) is 0 Å². The number of hydrogen-bond donors (Lipinski definition) is 0. The molecule has 0 bridgehead atoms. The van der Waals surface area contributed by atoms with Gasteiger partial charge in [0, 0.05) is 29.6 Å². The molecule has 0 aromatic rings. The van der Waals surface area contributed by atoms with Crippen molar-refractivity contribution >= 4 is 34.8 Å². The number of methoxy groups -OCH3 is 1. The molecule has 0 aromatic carbocycles. The van der Waals surface area contributed by atoms with E-state index < -0.39 is 5.79 Å². The maximum absolute atomic E-state index is 11.0. The summed E-state index contributed by atoms with van der Waals surface area (Å²) in [6.07, 6.45) is 7.08. The number of aldehydes is 1. The SMILES string of the molecule is COC(=O)CCCC#CC[C@@H](I)[C@@H]1C[C@H](/C=C/C=O)OC(C)(C)O1. The molecule has 6 heteroatoms. The number of carbonyl (C=O) groups is 2. The third-order valence-corrected chi connectivity index (χ3v) is 4.72. The van der Waals surface area contributed by atoms with Gasteiger partial charge in [-0.05, 0) is 26.3 Å². The summed E-state index contributed by atoms with van der Waals surface area (Å²) in [5.41, 5.74) is 0. The Kier molecular flexibility index (Phi) is 9.56. The first-order valence-corrected chi connectivity index (χ1v) is 9.26. The Labute approximate surface area is 157 Å². The topological polar surface area (TPSA) is 61.8 Å². The van der Waals surface area contributed by atoms with Crippen molar-refractivity contribution in [3.05, 3.63) is 12.2 Å². The summed E-state index contributed by atoms with van der Waals surface area (Å²) in [5, 5.41) is 0. The van der Waals surface area contributed by atoms with Crippen LogP contribution in [0, 0.1) is 11.8 Å². The second-order valence-corrected chi connectivity index (χ2v) is 7.57. The molecule has 0 saturated carbocycles. The zero-order valence-corrected chi connectivity index (χ0v) is 16.6. The van der Waals surface area contributed by atoms with E-state index >= 15 is 0 Å². The minimum atomic E-state index is -0.682. The van der Waals surface area contributed by atoms with Crippen LogP contribution >= 0.6 is 22.6 Å². The lowest BCUT2D eigenvalue weighted by atomic mass is 10.0. The van der Waals surface area contributed by atoms with Gasteiger partial charge in [-0.2, -0.15) is 0 Å². The average molecular weight is 448 g/mol. The van der Waals surface area contributed by atoms with E-state index in [1.807, 2.05) is 13.8 Å². The fraction of sp³-hybridized carbons (Fsp3) is 0.667. The average Bonchev–Trinajstić information content (AvgIpc) is 2.54. The van der Waals surface area contributed by atoms with E-state index in [1.54, 1.807) is 6.08 Å². The summed E-state index contributed by atoms with van der Waals surface area (Å²) in [6.45, 7) is 3.76. The van der Waals surface area contributed by atoms with Crippen molar-refractivity contribution in [1.82, 2.24) is 0 Å². The zero-order valence-electron chi connectivity index (χ0n) is 14.4. The van der Waals surface area contributed by atoms with E-state index in [9.17, 15) is 9.59 Å². The number of unbranched alkanes of at least 4 members (excludes halogenated alkanes) is 1. The summed E-state index contributed by atoms with van der Waals surface area (Å²) in [7, 11) is 1.39. The quantitative estimate of drug-likeness (QED) is 0.114. The van der Waals surface area contributed by atoms with Gasteiger partial charge in [-0.25, -0.2) is 0 Å². The van der Waals surface area contributed by atoms with Crippen molar-refractivity contribution in [3.8, 4) is 11.8 Å². The Hall–Kier alpha value is -0.910. The van der Waals surface area contributed by atoms with Crippen LogP contribution in [-0.4, -0.2) is 41.3 Å². The second-order valence-electron chi connectivity index (χ2n) is 5.97. The van der Waals surface area contributed by atoms with Crippen molar-refractivity contribution < 1.29 is 23.8 Å². The Morgan fingerprint density at radius 2 is 2.17 bits per heavy atom. The number of alkyl halides is 1. The smallest absolute Gasteiger partial charge is 0.305 e. The molecular weight excluding hydrogens is 423 g/mol. The fourth-order valence-corrected chi connectivity index (χ4v) is 3.06. The number of hydrogen-bond acceptors (Lipinski definition) is 5. The van der Waals surface area contributed by atoms with Gasteiger partial charge in [0.25, 0.3) is 0 Å². The third-order valence-electron chi connectivity index (χ3n) is 3.48. The number of allylic oxidation sites excluding steroid dienone is 1. The Balaban J connectivity index is 2.45. The Bertz CT molecular complexity index is 503. The van der Waals surface area contributed by atoms with Gasteiger partial charge in [-0.3, -0.25) is 9.59 Å². The highest BCUT2D eigenvalue weighted by molar-refractivity contribution is 14.1. The highest BCUT2D eigenvalue weighted by Gasteiger charge is 2.37. The molecule has 0 aromatic heterocycles. The van der Waals surface area contributed by atoms with Crippen molar-refractivity contribution in [2.75, 3.05) is 7.11 Å². The van der Waals surface area contributed by atoms with Gasteiger partial charge < -0.3 is 14.2 Å². The van der Waals surface area contributed by atoms with E-state index in [2.05, 4.69) is 39.2 Å². The van der Waals surface area contributed by atoms with Crippen LogP contribution in [-0.2, 0) is 23.8 Å². The van der Waals surface area contributed by atoms with Gasteiger partial charge in [0.1, 0.15) is 6.29 Å². The van der Waals surface area contributed by atoms with Gasteiger partial charge in [-0.15, -0.1) is 11.8 Å². The number of ether oxygens (including phenoxy) is 3. The minimum Gasteiger partial charge on any atom is -0.469 e. The van der Waals surface area contributed by atoms with Crippen LogP contribution in [0.3, 0.4) is 0 Å². The molecule has 1 fully saturated rings. The molecule has 0 spiro atoms. The Morgan fingerprint density at radius 1 is 1.42 bits per heavy atom. The normalized spacial score (nSPS) is 24.0. The summed E-state index contributed by atoms with van der Waals surface area (Å²) in [6, 6.07) is 0. The molecule has 1 aliphatic heterocycles. The lowest BCUT2D eigenvalue weighted by molar-refractivity contribution is -0.288. The largest absolute Gasteiger partial charge is 0.469 e. The monoisotopic (exact) mass is 448 g/mol. The first-order valence-electron chi connectivity index (χ1n) is 8.02. The molecule has 5 nitrogen and oxygen atoms in total. The molecule has 0 radical (unpaired) electrons. The molecule has 24 heavy (non-hydrogen) atoms. The van der Waals surface area contributed by atoms with E-state index in [0.717, 1.165) is 6.29 Å². The van der Waals surface area contributed by atoms with E-state index in [0.29, 0.717) is 32.1 Å². The maximum atomic E-state index is 11.0. The van der Waals surface area contributed by atoms with Crippen LogP contribution in [0.5, 0.6) is 0 Å². The van der Waals surface area contributed by atoms with Gasteiger partial charge >= 0.3 is 5.97 Å². The molecule has 0 amide bonds. The lowest BCUT2D eigenvalue weighted by Crippen LogP contribution is -2.47. The van der Waals surface area contributed by atoms with Crippen molar-refractivity contribution in [1.29, 1.82) is 0 Å². The van der Waals surface area contributed by atoms with Crippen LogP contribution in [0.15, 0.2) is 12.2 Å². The highest BCUT2D eigenvalue weighted by Crippen LogP contribution is 2.32. The molecule has 1 aliphatic rings. The first-order chi connectivity index (χ1) is 11.4. The molecule has 3 atom stereocenters. The summed E-state index contributed by atoms with van der Waals surface area (Å²) < 4.78 is 16.6. The first kappa shape index (κ1) is 21.1. The number of carbonyl (C=O) groups excluding carboxylic acids is 2. The van der Waals surface area contributed by atoms with E-state index in [4.69, 9.17) is 9.47 Å². The predicted octanol–water partition coefficient (Wildman–Crippen LogP) is 3.19. The van der Waals surface area contributed by atoms with Gasteiger partial charge in [0.05, 0.1) is 19.3 Å². The van der Waals surface area contributed by atoms with Gasteiger partial charge in [0.2, 0.25) is 0 Å². The predicted molar refractivity (Wildman–Crippen MR) is 99.7 cm³/mol. The maximum Gasteiger partial charge on any atom is 0.305 e. The van der Waals surface area contributed by atoms with E-state index in [-0.39, 0.29) is 22.1 Å². The number of halogens is 1. The number of esters is 1.